The second-order valence-electron chi connectivity index (χ2n) is 5.44. The molecule has 0 radical (unpaired) electrons. The van der Waals surface area contributed by atoms with Crippen LogP contribution in [0.4, 0.5) is 4.79 Å². The van der Waals surface area contributed by atoms with E-state index in [1.165, 1.54) is 0 Å². The van der Waals surface area contributed by atoms with Gasteiger partial charge in [0.2, 0.25) is 0 Å². The van der Waals surface area contributed by atoms with Gasteiger partial charge in [0.1, 0.15) is 0 Å². The third-order valence-electron chi connectivity index (χ3n) is 3.75. The first-order chi connectivity index (χ1) is 9.94. The van der Waals surface area contributed by atoms with Crippen LogP contribution < -0.4 is 10.6 Å². The van der Waals surface area contributed by atoms with E-state index in [9.17, 15) is 4.79 Å². The number of nitrogens with one attached hydrogen (secondary N) is 2. The average molecular weight is 289 g/mol. The number of carbonyl (C=O) groups excluding carboxylic acids is 1. The second kappa shape index (κ2) is 7.65. The fraction of sp³-hybridized carbons (Fsp3) is 0.500. The van der Waals surface area contributed by atoms with E-state index in [0.717, 1.165) is 12.0 Å². The molecule has 5 nitrogen and oxygen atoms in total. The molecule has 5 heteroatoms. The Labute approximate surface area is 126 Å². The van der Waals surface area contributed by atoms with Crippen LogP contribution in [0.15, 0.2) is 24.3 Å². The number of benzene rings is 1. The van der Waals surface area contributed by atoms with E-state index in [1.54, 1.807) is 12.1 Å². The standard InChI is InChI=1S/C16H23N3O2/c1-4-16(3,9-10-20)19-15(21)18-12(2)14-7-5-13(11-17)6-8-14/h5-8,12,20H,4,9-10H2,1-3H3,(H2,18,19,21). The largest absolute Gasteiger partial charge is 0.396 e. The third kappa shape index (κ3) is 5.09. The van der Waals surface area contributed by atoms with E-state index in [1.807, 2.05) is 32.9 Å². The summed E-state index contributed by atoms with van der Waals surface area (Å²) < 4.78 is 0. The smallest absolute Gasteiger partial charge is 0.315 e. The molecule has 0 spiro atoms. The van der Waals surface area contributed by atoms with E-state index in [0.29, 0.717) is 12.0 Å². The van der Waals surface area contributed by atoms with Crippen molar-refractivity contribution in [3.8, 4) is 6.07 Å². The van der Waals surface area contributed by atoms with Crippen molar-refractivity contribution in [3.63, 3.8) is 0 Å². The van der Waals surface area contributed by atoms with Gasteiger partial charge in [-0.25, -0.2) is 4.79 Å². The molecule has 3 N–H and O–H groups in total. The zero-order valence-electron chi connectivity index (χ0n) is 12.8. The summed E-state index contributed by atoms with van der Waals surface area (Å²) in [6.07, 6.45) is 1.26. The van der Waals surface area contributed by atoms with Gasteiger partial charge in [-0.2, -0.15) is 5.26 Å². The number of aliphatic hydroxyl groups is 1. The van der Waals surface area contributed by atoms with Gasteiger partial charge in [0.25, 0.3) is 0 Å². The Morgan fingerprint density at radius 3 is 2.52 bits per heavy atom. The van der Waals surface area contributed by atoms with Gasteiger partial charge in [-0.1, -0.05) is 19.1 Å². The van der Waals surface area contributed by atoms with Gasteiger partial charge in [0, 0.05) is 12.1 Å². The fourth-order valence-corrected chi connectivity index (χ4v) is 2.01. The number of rotatable bonds is 6. The maximum absolute atomic E-state index is 12.0. The van der Waals surface area contributed by atoms with E-state index in [2.05, 4.69) is 16.7 Å². The molecule has 1 rings (SSSR count). The number of aliphatic hydroxyl groups excluding tert-OH is 1. The molecule has 0 aliphatic carbocycles. The lowest BCUT2D eigenvalue weighted by molar-refractivity contribution is 0.199. The summed E-state index contributed by atoms with van der Waals surface area (Å²) in [5.74, 6) is 0. The molecular formula is C16H23N3O2. The molecule has 2 unspecified atom stereocenters. The highest BCUT2D eigenvalue weighted by molar-refractivity contribution is 5.75. The Morgan fingerprint density at radius 2 is 2.05 bits per heavy atom. The summed E-state index contributed by atoms with van der Waals surface area (Å²) in [6.45, 7) is 5.81. The van der Waals surface area contributed by atoms with Gasteiger partial charge < -0.3 is 15.7 Å². The number of nitriles is 1. The zero-order valence-corrected chi connectivity index (χ0v) is 12.8. The second-order valence-corrected chi connectivity index (χ2v) is 5.44. The Hall–Kier alpha value is -2.06. The Morgan fingerprint density at radius 1 is 1.43 bits per heavy atom. The van der Waals surface area contributed by atoms with Crippen molar-refractivity contribution in [2.24, 2.45) is 0 Å². The molecule has 0 saturated carbocycles. The first-order valence-corrected chi connectivity index (χ1v) is 7.13. The Balaban J connectivity index is 2.63. The van der Waals surface area contributed by atoms with Gasteiger partial charge in [-0.3, -0.25) is 0 Å². The maximum Gasteiger partial charge on any atom is 0.315 e. The highest BCUT2D eigenvalue weighted by atomic mass is 16.3. The van der Waals surface area contributed by atoms with Crippen LogP contribution in [0.3, 0.4) is 0 Å². The summed E-state index contributed by atoms with van der Waals surface area (Å²) in [5.41, 5.74) is 1.12. The molecule has 0 heterocycles. The lowest BCUT2D eigenvalue weighted by Crippen LogP contribution is -2.50. The molecule has 0 saturated heterocycles. The lowest BCUT2D eigenvalue weighted by Gasteiger charge is -2.29. The van der Waals surface area contributed by atoms with Crippen molar-refractivity contribution in [3.05, 3.63) is 35.4 Å². The first-order valence-electron chi connectivity index (χ1n) is 7.13. The summed E-state index contributed by atoms with van der Waals surface area (Å²) in [6, 6.07) is 8.76. The highest BCUT2D eigenvalue weighted by Crippen LogP contribution is 2.15. The molecule has 114 valence electrons. The average Bonchev–Trinajstić information content (AvgIpc) is 2.47. The SMILES string of the molecule is CCC(C)(CCO)NC(=O)NC(C)c1ccc(C#N)cc1. The van der Waals surface area contributed by atoms with Crippen molar-refractivity contribution in [2.45, 2.75) is 45.2 Å². The first kappa shape index (κ1) is 17.0. The molecular weight excluding hydrogens is 266 g/mol. The minimum atomic E-state index is -0.413. The molecule has 0 aliphatic heterocycles. The van der Waals surface area contributed by atoms with E-state index < -0.39 is 5.54 Å². The molecule has 1 aromatic carbocycles. The predicted octanol–water partition coefficient (Wildman–Crippen LogP) is 2.47. The summed E-state index contributed by atoms with van der Waals surface area (Å²) in [5, 5.41) is 23.6. The molecule has 0 aromatic heterocycles. The minimum Gasteiger partial charge on any atom is -0.396 e. The van der Waals surface area contributed by atoms with Crippen molar-refractivity contribution >= 4 is 6.03 Å². The van der Waals surface area contributed by atoms with E-state index in [-0.39, 0.29) is 18.7 Å². The van der Waals surface area contributed by atoms with Crippen LogP contribution in [-0.4, -0.2) is 23.3 Å². The van der Waals surface area contributed by atoms with Gasteiger partial charge >= 0.3 is 6.03 Å². The Bertz CT molecular complexity index is 507. The van der Waals surface area contributed by atoms with Crippen molar-refractivity contribution in [2.75, 3.05) is 6.61 Å². The molecule has 2 atom stereocenters. The Kier molecular flexibility index (Phi) is 6.19. The van der Waals surface area contributed by atoms with Crippen LogP contribution in [-0.2, 0) is 0 Å². The number of hydrogen-bond acceptors (Lipinski definition) is 3. The monoisotopic (exact) mass is 289 g/mol. The number of nitrogens with zero attached hydrogens (tertiary/aromatic N) is 1. The van der Waals surface area contributed by atoms with Crippen molar-refractivity contribution in [1.82, 2.24) is 10.6 Å². The van der Waals surface area contributed by atoms with Gasteiger partial charge in [0.15, 0.2) is 0 Å². The quantitative estimate of drug-likeness (QED) is 0.752. The third-order valence-corrected chi connectivity index (χ3v) is 3.75. The van der Waals surface area contributed by atoms with Crippen LogP contribution in [0.2, 0.25) is 0 Å². The van der Waals surface area contributed by atoms with Crippen LogP contribution in [0.5, 0.6) is 0 Å². The van der Waals surface area contributed by atoms with Crippen LogP contribution >= 0.6 is 0 Å². The molecule has 21 heavy (non-hydrogen) atoms. The molecule has 0 aliphatic rings. The molecule has 2 amide bonds. The fourth-order valence-electron chi connectivity index (χ4n) is 2.01. The van der Waals surface area contributed by atoms with E-state index >= 15 is 0 Å². The molecule has 0 fully saturated rings. The summed E-state index contributed by atoms with van der Waals surface area (Å²) >= 11 is 0. The number of amides is 2. The lowest BCUT2D eigenvalue weighted by atomic mass is 9.95. The minimum absolute atomic E-state index is 0.0375. The normalized spacial score (nSPS) is 14.6. The van der Waals surface area contributed by atoms with Crippen LogP contribution in [0.1, 0.15) is 50.8 Å². The molecule has 1 aromatic rings. The number of carbonyl (C=O) groups is 1. The van der Waals surface area contributed by atoms with E-state index in [4.69, 9.17) is 10.4 Å². The zero-order chi connectivity index (χ0) is 15.9. The van der Waals surface area contributed by atoms with Crippen molar-refractivity contribution in [1.29, 1.82) is 5.26 Å². The molecule has 0 bridgehead atoms. The van der Waals surface area contributed by atoms with Crippen molar-refractivity contribution < 1.29 is 9.90 Å². The topological polar surface area (TPSA) is 85.2 Å². The number of hydrogen-bond donors (Lipinski definition) is 3. The van der Waals surface area contributed by atoms with Crippen LogP contribution in [0, 0.1) is 11.3 Å². The highest BCUT2D eigenvalue weighted by Gasteiger charge is 2.24. The van der Waals surface area contributed by atoms with Gasteiger partial charge in [-0.05, 0) is 44.4 Å². The van der Waals surface area contributed by atoms with Gasteiger partial charge in [0.05, 0.1) is 17.7 Å². The summed E-state index contributed by atoms with van der Waals surface area (Å²) in [7, 11) is 0. The van der Waals surface area contributed by atoms with Gasteiger partial charge in [-0.15, -0.1) is 0 Å². The number of urea groups is 1. The summed E-state index contributed by atoms with van der Waals surface area (Å²) in [4.78, 5) is 12.0. The predicted molar refractivity (Wildman–Crippen MR) is 81.6 cm³/mol. The maximum atomic E-state index is 12.0. The van der Waals surface area contributed by atoms with Crippen LogP contribution in [0.25, 0.3) is 0 Å².